The van der Waals surface area contributed by atoms with Crippen molar-refractivity contribution in [2.75, 3.05) is 38.3 Å². The van der Waals surface area contributed by atoms with Crippen LogP contribution >= 0.6 is 11.3 Å². The van der Waals surface area contributed by atoms with E-state index in [9.17, 15) is 14.7 Å². The first-order valence-electron chi connectivity index (χ1n) is 10.7. The third-order valence-electron chi connectivity index (χ3n) is 5.80. The number of ketones is 1. The summed E-state index contributed by atoms with van der Waals surface area (Å²) in [6, 6.07) is 6.63. The normalized spacial score (nSPS) is 20.1. The molecule has 1 N–H and O–H groups in total. The van der Waals surface area contributed by atoms with Crippen molar-refractivity contribution in [3.63, 3.8) is 0 Å². The van der Waals surface area contributed by atoms with Gasteiger partial charge in [0, 0.05) is 24.0 Å². The van der Waals surface area contributed by atoms with Crippen molar-refractivity contribution in [3.8, 4) is 5.75 Å². The van der Waals surface area contributed by atoms with Crippen LogP contribution in [-0.4, -0.2) is 61.2 Å². The van der Waals surface area contributed by atoms with Gasteiger partial charge in [0.15, 0.2) is 0 Å². The average Bonchev–Trinajstić information content (AvgIpc) is 3.29. The fraction of sp³-hybridized carbons (Fsp3) is 0.417. The van der Waals surface area contributed by atoms with E-state index in [-0.39, 0.29) is 24.0 Å². The zero-order valence-electron chi connectivity index (χ0n) is 18.8. The van der Waals surface area contributed by atoms with E-state index >= 15 is 0 Å². The Morgan fingerprint density at radius 2 is 2.09 bits per heavy atom. The van der Waals surface area contributed by atoms with Crippen molar-refractivity contribution in [3.05, 3.63) is 51.2 Å². The predicted molar refractivity (Wildman–Crippen MR) is 124 cm³/mol. The number of thiophene rings is 1. The number of likely N-dealkylation sites (tertiary alicyclic amines) is 1. The molecule has 3 heterocycles. The molecule has 2 aromatic rings. The van der Waals surface area contributed by atoms with Crippen LogP contribution in [0.1, 0.15) is 35.9 Å². The van der Waals surface area contributed by atoms with E-state index in [1.807, 2.05) is 44.2 Å². The topological polar surface area (TPSA) is 79.3 Å². The summed E-state index contributed by atoms with van der Waals surface area (Å²) in [6.45, 7) is 7.69. The third-order valence-corrected chi connectivity index (χ3v) is 6.87. The molecular weight excluding hydrogens is 428 g/mol. The van der Waals surface area contributed by atoms with Gasteiger partial charge in [-0.05, 0) is 56.0 Å². The molecule has 0 saturated carbocycles. The molecule has 0 aliphatic carbocycles. The first-order valence-corrected chi connectivity index (χ1v) is 11.6. The lowest BCUT2D eigenvalue weighted by Gasteiger charge is -2.28. The van der Waals surface area contributed by atoms with Crippen molar-refractivity contribution < 1.29 is 24.2 Å². The molecule has 170 valence electrons. The molecule has 4 rings (SSSR count). The Kier molecular flexibility index (Phi) is 6.26. The van der Waals surface area contributed by atoms with Crippen LogP contribution in [-0.2, 0) is 14.3 Å². The molecule has 1 aromatic heterocycles. The maximum Gasteiger partial charge on any atom is 0.295 e. The van der Waals surface area contributed by atoms with Gasteiger partial charge in [0.1, 0.15) is 18.1 Å². The number of aliphatic hydroxyl groups excluding tert-OH is 1. The number of fused-ring (bicyclic) bond motifs is 1. The standard InChI is InChI=1S/C24H28N2O5S/c1-14(2)30-11-9-26-20(23-15(3)7-12-32-23)19(22(28)24(26)29)21(27)16-5-6-18-17(13-16)25(4)8-10-31-18/h5-7,12-14,20,27H,8-11H2,1-4H3/b21-19-. The zero-order chi connectivity index (χ0) is 23.0. The molecule has 1 aromatic carbocycles. The average molecular weight is 457 g/mol. The van der Waals surface area contributed by atoms with Crippen LogP contribution < -0.4 is 9.64 Å². The summed E-state index contributed by atoms with van der Waals surface area (Å²) in [4.78, 5) is 30.5. The summed E-state index contributed by atoms with van der Waals surface area (Å²) in [5, 5.41) is 13.2. The van der Waals surface area contributed by atoms with Gasteiger partial charge in [-0.25, -0.2) is 0 Å². The van der Waals surface area contributed by atoms with E-state index in [1.165, 1.54) is 16.2 Å². The van der Waals surface area contributed by atoms with Crippen molar-refractivity contribution in [1.29, 1.82) is 0 Å². The summed E-state index contributed by atoms with van der Waals surface area (Å²) in [5.74, 6) is -0.732. The maximum absolute atomic E-state index is 13.1. The second kappa shape index (κ2) is 8.96. The minimum atomic E-state index is -0.674. The Morgan fingerprint density at radius 1 is 1.31 bits per heavy atom. The van der Waals surface area contributed by atoms with Crippen LogP contribution in [0.3, 0.4) is 0 Å². The molecule has 7 nitrogen and oxygen atoms in total. The Labute approximate surface area is 191 Å². The lowest BCUT2D eigenvalue weighted by Crippen LogP contribution is -2.33. The van der Waals surface area contributed by atoms with Gasteiger partial charge in [-0.3, -0.25) is 9.59 Å². The summed E-state index contributed by atoms with van der Waals surface area (Å²) in [6.07, 6.45) is 0.0171. The molecule has 0 bridgehead atoms. The van der Waals surface area contributed by atoms with Crippen molar-refractivity contribution in [2.45, 2.75) is 32.9 Å². The number of carbonyl (C=O) groups is 2. The number of Topliss-reactive ketones (excluding diaryl/α,β-unsaturated/α-hetero) is 1. The fourth-order valence-electron chi connectivity index (χ4n) is 4.09. The second-order valence-corrected chi connectivity index (χ2v) is 9.28. The van der Waals surface area contributed by atoms with E-state index in [1.54, 1.807) is 18.2 Å². The van der Waals surface area contributed by atoms with E-state index in [0.717, 1.165) is 28.4 Å². The van der Waals surface area contributed by atoms with Crippen LogP contribution in [0.15, 0.2) is 35.2 Å². The SMILES string of the molecule is Cc1ccsc1C1/C(=C(/O)c2ccc3c(c2)N(C)CCO3)C(=O)C(=O)N1CCOC(C)C. The van der Waals surface area contributed by atoms with Crippen LogP contribution in [0.25, 0.3) is 5.76 Å². The van der Waals surface area contributed by atoms with E-state index in [4.69, 9.17) is 9.47 Å². The van der Waals surface area contributed by atoms with Crippen LogP contribution in [0.4, 0.5) is 5.69 Å². The smallest absolute Gasteiger partial charge is 0.295 e. The molecule has 1 atom stereocenters. The molecule has 32 heavy (non-hydrogen) atoms. The van der Waals surface area contributed by atoms with Gasteiger partial charge in [-0.15, -0.1) is 11.3 Å². The Balaban J connectivity index is 1.79. The van der Waals surface area contributed by atoms with Crippen LogP contribution in [0, 0.1) is 6.92 Å². The second-order valence-electron chi connectivity index (χ2n) is 8.33. The van der Waals surface area contributed by atoms with Gasteiger partial charge in [-0.1, -0.05) is 0 Å². The predicted octanol–water partition coefficient (Wildman–Crippen LogP) is 3.73. The molecule has 1 saturated heterocycles. The van der Waals surface area contributed by atoms with Crippen molar-refractivity contribution in [2.24, 2.45) is 0 Å². The number of amides is 1. The highest BCUT2D eigenvalue weighted by molar-refractivity contribution is 7.10. The summed E-state index contributed by atoms with van der Waals surface area (Å²) in [5.41, 5.74) is 2.41. The van der Waals surface area contributed by atoms with Crippen molar-refractivity contribution in [1.82, 2.24) is 4.90 Å². The fourth-order valence-corrected chi connectivity index (χ4v) is 5.13. The molecular formula is C24H28N2O5S. The van der Waals surface area contributed by atoms with Crippen LogP contribution in [0.2, 0.25) is 0 Å². The highest BCUT2D eigenvalue weighted by atomic mass is 32.1. The van der Waals surface area contributed by atoms with Gasteiger partial charge in [0.05, 0.1) is 36.6 Å². The number of aryl methyl sites for hydroxylation is 1. The molecule has 2 aliphatic rings. The third kappa shape index (κ3) is 4.00. The number of aliphatic hydroxyl groups is 1. The van der Waals surface area contributed by atoms with E-state index in [2.05, 4.69) is 0 Å². The van der Waals surface area contributed by atoms with E-state index in [0.29, 0.717) is 18.8 Å². The molecule has 1 unspecified atom stereocenters. The highest BCUT2D eigenvalue weighted by Gasteiger charge is 2.47. The van der Waals surface area contributed by atoms with Gasteiger partial charge < -0.3 is 24.4 Å². The number of likely N-dealkylation sites (N-methyl/N-ethyl adjacent to an activating group) is 1. The number of nitrogens with zero attached hydrogens (tertiary/aromatic N) is 2. The quantitative estimate of drug-likeness (QED) is 0.405. The number of rotatable bonds is 6. The Morgan fingerprint density at radius 3 is 2.78 bits per heavy atom. The van der Waals surface area contributed by atoms with Gasteiger partial charge in [0.2, 0.25) is 0 Å². The lowest BCUT2D eigenvalue weighted by molar-refractivity contribution is -0.140. The summed E-state index contributed by atoms with van der Waals surface area (Å²) in [7, 11) is 1.95. The highest BCUT2D eigenvalue weighted by Crippen LogP contribution is 2.43. The number of hydrogen-bond acceptors (Lipinski definition) is 7. The molecule has 8 heteroatoms. The van der Waals surface area contributed by atoms with Crippen LogP contribution in [0.5, 0.6) is 5.75 Å². The summed E-state index contributed by atoms with van der Waals surface area (Å²) < 4.78 is 11.3. The number of benzene rings is 1. The summed E-state index contributed by atoms with van der Waals surface area (Å²) >= 11 is 1.47. The number of hydrogen-bond donors (Lipinski definition) is 1. The Bertz CT molecular complexity index is 1070. The minimum absolute atomic E-state index is 0.0171. The minimum Gasteiger partial charge on any atom is -0.507 e. The molecule has 2 aliphatic heterocycles. The first-order chi connectivity index (χ1) is 15.3. The van der Waals surface area contributed by atoms with E-state index < -0.39 is 17.7 Å². The number of ether oxygens (including phenoxy) is 2. The lowest BCUT2D eigenvalue weighted by atomic mass is 9.98. The van der Waals surface area contributed by atoms with Gasteiger partial charge >= 0.3 is 0 Å². The first kappa shape index (κ1) is 22.4. The van der Waals surface area contributed by atoms with Gasteiger partial charge in [0.25, 0.3) is 11.7 Å². The zero-order valence-corrected chi connectivity index (χ0v) is 19.6. The van der Waals surface area contributed by atoms with Gasteiger partial charge in [-0.2, -0.15) is 0 Å². The molecule has 1 amide bonds. The monoisotopic (exact) mass is 456 g/mol. The molecule has 0 radical (unpaired) electrons. The maximum atomic E-state index is 13.1. The molecule has 1 fully saturated rings. The van der Waals surface area contributed by atoms with Crippen molar-refractivity contribution >= 4 is 34.5 Å². The number of anilines is 1. The molecule has 0 spiro atoms. The Hall–Kier alpha value is -2.84. The largest absolute Gasteiger partial charge is 0.507 e. The number of carbonyl (C=O) groups excluding carboxylic acids is 2.